The van der Waals surface area contributed by atoms with Gasteiger partial charge in [-0.3, -0.25) is 0 Å². The normalized spacial score (nSPS) is 21.1. The van der Waals surface area contributed by atoms with Crippen LogP contribution in [0.4, 0.5) is 5.82 Å². The van der Waals surface area contributed by atoms with Crippen LogP contribution in [0.5, 0.6) is 0 Å². The zero-order chi connectivity index (χ0) is 13.7. The summed E-state index contributed by atoms with van der Waals surface area (Å²) in [5.74, 6) is 2.26. The fourth-order valence-corrected chi connectivity index (χ4v) is 2.63. The molecular formula is C15H25N3. The van der Waals surface area contributed by atoms with E-state index in [1.165, 1.54) is 0 Å². The third kappa shape index (κ3) is 2.00. The molecule has 1 saturated carbocycles. The first kappa shape index (κ1) is 13.3. The molecule has 0 aromatic carbocycles. The van der Waals surface area contributed by atoms with Gasteiger partial charge in [0.05, 0.1) is 0 Å². The molecule has 1 heterocycles. The number of anilines is 1. The van der Waals surface area contributed by atoms with E-state index in [-0.39, 0.29) is 0 Å². The molecule has 1 aliphatic rings. The highest BCUT2D eigenvalue weighted by Crippen LogP contribution is 2.63. The molecule has 18 heavy (non-hydrogen) atoms. The zero-order valence-electron chi connectivity index (χ0n) is 12.6. The zero-order valence-corrected chi connectivity index (χ0v) is 12.6. The average Bonchev–Trinajstić information content (AvgIpc) is 2.60. The Morgan fingerprint density at radius 1 is 1.11 bits per heavy atom. The van der Waals surface area contributed by atoms with Crippen molar-refractivity contribution >= 4 is 5.82 Å². The lowest BCUT2D eigenvalue weighted by Gasteiger charge is -2.11. The Labute approximate surface area is 110 Å². The summed E-state index contributed by atoms with van der Waals surface area (Å²) in [4.78, 5) is 9.10. The van der Waals surface area contributed by atoms with Gasteiger partial charge in [0.15, 0.2) is 0 Å². The van der Waals surface area contributed by atoms with E-state index >= 15 is 0 Å². The average molecular weight is 247 g/mol. The first-order valence-corrected chi connectivity index (χ1v) is 6.78. The quantitative estimate of drug-likeness (QED) is 0.884. The third-order valence-corrected chi connectivity index (χ3v) is 4.70. The summed E-state index contributed by atoms with van der Waals surface area (Å²) in [6.07, 6.45) is 0. The van der Waals surface area contributed by atoms with Crippen molar-refractivity contribution in [3.05, 3.63) is 17.6 Å². The van der Waals surface area contributed by atoms with Crippen LogP contribution in [0.25, 0.3) is 0 Å². The van der Waals surface area contributed by atoms with Crippen LogP contribution in [-0.2, 0) is 0 Å². The largest absolute Gasteiger partial charge is 0.366 e. The first-order valence-electron chi connectivity index (χ1n) is 6.78. The molecule has 0 bridgehead atoms. The molecule has 0 atom stereocenters. The van der Waals surface area contributed by atoms with Gasteiger partial charge in [0.25, 0.3) is 0 Å². The maximum atomic E-state index is 4.62. The van der Waals surface area contributed by atoms with Crippen LogP contribution in [0, 0.1) is 17.8 Å². The van der Waals surface area contributed by atoms with E-state index in [2.05, 4.69) is 56.8 Å². The van der Waals surface area contributed by atoms with Crippen LogP contribution in [0.15, 0.2) is 6.07 Å². The van der Waals surface area contributed by atoms with Crippen LogP contribution in [0.2, 0.25) is 0 Å². The number of nitrogens with one attached hydrogen (secondary N) is 1. The molecule has 0 saturated heterocycles. The fraction of sp³-hybridized carbons (Fsp3) is 0.733. The monoisotopic (exact) mass is 247 g/mol. The second-order valence-corrected chi connectivity index (χ2v) is 6.93. The Balaban J connectivity index is 2.21. The van der Waals surface area contributed by atoms with Gasteiger partial charge in [-0.1, -0.05) is 41.5 Å². The number of nitrogens with zero attached hydrogens (tertiary/aromatic N) is 2. The van der Waals surface area contributed by atoms with Gasteiger partial charge in [-0.15, -0.1) is 0 Å². The summed E-state index contributed by atoms with van der Waals surface area (Å²) in [5, 5.41) is 3.58. The minimum Gasteiger partial charge on any atom is -0.366 e. The second-order valence-electron chi connectivity index (χ2n) is 6.93. The van der Waals surface area contributed by atoms with Crippen LogP contribution < -0.4 is 5.32 Å². The van der Waals surface area contributed by atoms with Gasteiger partial charge in [0, 0.05) is 23.7 Å². The van der Waals surface area contributed by atoms with Crippen molar-refractivity contribution in [1.29, 1.82) is 0 Å². The minimum atomic E-state index is 0.323. The Morgan fingerprint density at radius 2 is 1.67 bits per heavy atom. The van der Waals surface area contributed by atoms with Gasteiger partial charge in [-0.25, -0.2) is 9.97 Å². The molecular weight excluding hydrogens is 222 g/mol. The van der Waals surface area contributed by atoms with E-state index in [1.807, 2.05) is 13.0 Å². The molecule has 1 N–H and O–H groups in total. The van der Waals surface area contributed by atoms with E-state index in [0.29, 0.717) is 22.8 Å². The molecule has 0 amide bonds. The molecule has 3 nitrogen and oxygen atoms in total. The Hall–Kier alpha value is -1.12. The number of rotatable bonds is 3. The lowest BCUT2D eigenvalue weighted by atomic mass is 10.0. The standard InChI is InChI=1S/C15H25N3/c1-9(2)12-16-10(3)8-11(17-12)18-13-14(4,5)15(13,6)7/h8-9,13H,1-7H3,(H,16,17,18). The van der Waals surface area contributed by atoms with Crippen molar-refractivity contribution in [2.24, 2.45) is 10.8 Å². The third-order valence-electron chi connectivity index (χ3n) is 4.70. The van der Waals surface area contributed by atoms with Gasteiger partial charge >= 0.3 is 0 Å². The summed E-state index contributed by atoms with van der Waals surface area (Å²) >= 11 is 0. The van der Waals surface area contributed by atoms with Crippen molar-refractivity contribution < 1.29 is 0 Å². The number of hydrogen-bond acceptors (Lipinski definition) is 3. The topological polar surface area (TPSA) is 37.8 Å². The predicted octanol–water partition coefficient (Wildman–Crippen LogP) is 3.75. The highest BCUT2D eigenvalue weighted by atomic mass is 15.1. The molecule has 1 aromatic rings. The van der Waals surface area contributed by atoms with E-state index < -0.39 is 0 Å². The van der Waals surface area contributed by atoms with Gasteiger partial charge in [0.1, 0.15) is 11.6 Å². The van der Waals surface area contributed by atoms with Gasteiger partial charge in [0.2, 0.25) is 0 Å². The summed E-state index contributed by atoms with van der Waals surface area (Å²) in [5.41, 5.74) is 1.68. The smallest absolute Gasteiger partial charge is 0.133 e. The van der Waals surface area contributed by atoms with E-state index in [9.17, 15) is 0 Å². The summed E-state index contributed by atoms with van der Waals surface area (Å²) in [7, 11) is 0. The number of aromatic nitrogens is 2. The van der Waals surface area contributed by atoms with Crippen LogP contribution >= 0.6 is 0 Å². The maximum Gasteiger partial charge on any atom is 0.133 e. The minimum absolute atomic E-state index is 0.323. The molecule has 2 rings (SSSR count). The van der Waals surface area contributed by atoms with Gasteiger partial charge < -0.3 is 5.32 Å². The lowest BCUT2D eigenvalue weighted by molar-refractivity contribution is 0.457. The van der Waals surface area contributed by atoms with Crippen molar-refractivity contribution in [2.75, 3.05) is 5.32 Å². The Kier molecular flexibility index (Phi) is 2.91. The molecule has 3 heteroatoms. The fourth-order valence-electron chi connectivity index (χ4n) is 2.63. The molecule has 1 aliphatic carbocycles. The van der Waals surface area contributed by atoms with E-state index in [4.69, 9.17) is 0 Å². The Bertz CT molecular complexity index is 447. The molecule has 100 valence electrons. The summed E-state index contributed by atoms with van der Waals surface area (Å²) in [6.45, 7) is 15.5. The maximum absolute atomic E-state index is 4.62. The van der Waals surface area contributed by atoms with Crippen molar-refractivity contribution in [3.8, 4) is 0 Å². The molecule has 1 aromatic heterocycles. The summed E-state index contributed by atoms with van der Waals surface area (Å²) < 4.78 is 0. The molecule has 0 spiro atoms. The van der Waals surface area contributed by atoms with Gasteiger partial charge in [-0.2, -0.15) is 0 Å². The van der Waals surface area contributed by atoms with Crippen molar-refractivity contribution in [3.63, 3.8) is 0 Å². The Morgan fingerprint density at radius 3 is 2.11 bits per heavy atom. The van der Waals surface area contributed by atoms with Crippen LogP contribution in [-0.4, -0.2) is 16.0 Å². The van der Waals surface area contributed by atoms with Crippen LogP contribution in [0.1, 0.15) is 59.0 Å². The molecule has 0 unspecified atom stereocenters. The van der Waals surface area contributed by atoms with Gasteiger partial charge in [-0.05, 0) is 17.8 Å². The molecule has 1 fully saturated rings. The summed E-state index contributed by atoms with van der Waals surface area (Å²) in [6, 6.07) is 2.52. The predicted molar refractivity (Wildman–Crippen MR) is 75.8 cm³/mol. The van der Waals surface area contributed by atoms with Crippen LogP contribution in [0.3, 0.4) is 0 Å². The van der Waals surface area contributed by atoms with E-state index in [1.54, 1.807) is 0 Å². The SMILES string of the molecule is Cc1cc(NC2C(C)(C)C2(C)C)nc(C(C)C)n1. The lowest BCUT2D eigenvalue weighted by Crippen LogP contribution is -2.13. The van der Waals surface area contributed by atoms with Crippen molar-refractivity contribution in [1.82, 2.24) is 9.97 Å². The highest BCUT2D eigenvalue weighted by molar-refractivity contribution is 5.43. The van der Waals surface area contributed by atoms with Crippen molar-refractivity contribution in [2.45, 2.75) is 60.4 Å². The first-order chi connectivity index (χ1) is 8.16. The number of aryl methyl sites for hydroxylation is 1. The number of hydrogen-bond donors (Lipinski definition) is 1. The molecule has 0 radical (unpaired) electrons. The highest BCUT2D eigenvalue weighted by Gasteiger charge is 2.65. The second kappa shape index (κ2) is 3.94. The molecule has 0 aliphatic heterocycles. The van der Waals surface area contributed by atoms with E-state index in [0.717, 1.165) is 17.3 Å².